The lowest BCUT2D eigenvalue weighted by Gasteiger charge is -2.35. The normalized spacial score (nSPS) is 21.8. The van der Waals surface area contributed by atoms with Crippen molar-refractivity contribution >= 4 is 5.91 Å². The summed E-state index contributed by atoms with van der Waals surface area (Å²) in [6.45, 7) is 5.64. The van der Waals surface area contributed by atoms with Gasteiger partial charge in [0.25, 0.3) is 0 Å². The zero-order valence-corrected chi connectivity index (χ0v) is 16.6. The number of likely N-dealkylation sites (tertiary alicyclic amines) is 2. The van der Waals surface area contributed by atoms with Crippen LogP contribution in [-0.2, 0) is 4.79 Å². The number of carbonyl (C=O) groups is 1. The second kappa shape index (κ2) is 8.45. The highest BCUT2D eigenvalue weighted by molar-refractivity contribution is 5.78. The van der Waals surface area contributed by atoms with Crippen molar-refractivity contribution in [3.8, 4) is 11.1 Å². The number of hydrogen-bond acceptors (Lipinski definition) is 4. The number of aryl methyl sites for hydroxylation is 1. The molecule has 0 saturated carbocycles. The van der Waals surface area contributed by atoms with Gasteiger partial charge >= 0.3 is 0 Å². The van der Waals surface area contributed by atoms with Crippen molar-refractivity contribution in [2.45, 2.75) is 44.6 Å². The minimum absolute atomic E-state index is 0.191. The number of hydrogen-bond donors (Lipinski definition) is 2. The van der Waals surface area contributed by atoms with Crippen LogP contribution in [0.3, 0.4) is 0 Å². The fourth-order valence-corrected chi connectivity index (χ4v) is 4.53. The standard InChI is InChI=1S/C22H30N4O2/c1-16-4-2-5-18(12-16)20-13-23-24-22(20)17-7-10-26(11-8-17)21(28)15-25-9-3-6-19(27)14-25/h2,4-5,12-13,17,19,27H,3,6-11,14-15H2,1H3,(H,23,24)/t19-/m1/s1. The summed E-state index contributed by atoms with van der Waals surface area (Å²) >= 11 is 0. The van der Waals surface area contributed by atoms with Gasteiger partial charge in [-0.15, -0.1) is 0 Å². The number of nitrogens with one attached hydrogen (secondary N) is 1. The van der Waals surface area contributed by atoms with Crippen molar-refractivity contribution in [1.82, 2.24) is 20.0 Å². The van der Waals surface area contributed by atoms with Gasteiger partial charge < -0.3 is 10.0 Å². The lowest BCUT2D eigenvalue weighted by Crippen LogP contribution is -2.47. The van der Waals surface area contributed by atoms with E-state index in [1.807, 2.05) is 11.1 Å². The summed E-state index contributed by atoms with van der Waals surface area (Å²) in [6.07, 6.45) is 5.36. The highest BCUT2D eigenvalue weighted by atomic mass is 16.3. The summed E-state index contributed by atoms with van der Waals surface area (Å²) in [5.74, 6) is 0.593. The second-order valence-corrected chi connectivity index (χ2v) is 8.25. The number of aromatic amines is 1. The quantitative estimate of drug-likeness (QED) is 0.852. The van der Waals surface area contributed by atoms with Crippen LogP contribution >= 0.6 is 0 Å². The number of carbonyl (C=O) groups excluding carboxylic acids is 1. The molecule has 2 N–H and O–H groups in total. The highest BCUT2D eigenvalue weighted by Gasteiger charge is 2.28. The Bertz CT molecular complexity index is 810. The molecule has 2 fully saturated rings. The van der Waals surface area contributed by atoms with Crippen molar-refractivity contribution in [3.63, 3.8) is 0 Å². The molecule has 6 heteroatoms. The number of piperidine rings is 2. The number of rotatable bonds is 4. The molecule has 1 aromatic heterocycles. The van der Waals surface area contributed by atoms with E-state index in [1.54, 1.807) is 0 Å². The number of nitrogens with zero attached hydrogens (tertiary/aromatic N) is 3. The average molecular weight is 383 g/mol. The number of amides is 1. The monoisotopic (exact) mass is 382 g/mol. The van der Waals surface area contributed by atoms with Gasteiger partial charge in [0, 0.05) is 36.8 Å². The Morgan fingerprint density at radius 3 is 2.82 bits per heavy atom. The van der Waals surface area contributed by atoms with E-state index in [9.17, 15) is 9.90 Å². The Kier molecular flexibility index (Phi) is 5.78. The molecule has 2 aromatic rings. The smallest absolute Gasteiger partial charge is 0.236 e. The maximum atomic E-state index is 12.7. The van der Waals surface area contributed by atoms with E-state index in [2.05, 4.69) is 46.3 Å². The maximum absolute atomic E-state index is 12.7. The molecule has 0 aliphatic carbocycles. The number of H-pyrrole nitrogens is 1. The Morgan fingerprint density at radius 2 is 2.07 bits per heavy atom. The number of β-amino-alcohol motifs (C(OH)–C–C–N with tert-alkyl or cyclic N) is 1. The summed E-state index contributed by atoms with van der Waals surface area (Å²) in [5, 5.41) is 17.3. The van der Waals surface area contributed by atoms with Crippen molar-refractivity contribution in [2.75, 3.05) is 32.7 Å². The summed E-state index contributed by atoms with van der Waals surface area (Å²) in [4.78, 5) is 16.8. The second-order valence-electron chi connectivity index (χ2n) is 8.25. The van der Waals surface area contributed by atoms with Gasteiger partial charge in [0.2, 0.25) is 5.91 Å². The first-order valence-corrected chi connectivity index (χ1v) is 10.4. The number of aliphatic hydroxyl groups excluding tert-OH is 1. The Labute approximate surface area is 166 Å². The average Bonchev–Trinajstić information content (AvgIpc) is 3.18. The van der Waals surface area contributed by atoms with Crippen molar-refractivity contribution in [2.24, 2.45) is 0 Å². The lowest BCUT2D eigenvalue weighted by molar-refractivity contribution is -0.134. The summed E-state index contributed by atoms with van der Waals surface area (Å²) in [6, 6.07) is 8.52. The van der Waals surface area contributed by atoms with Crippen LogP contribution in [0.4, 0.5) is 0 Å². The Balaban J connectivity index is 1.36. The molecular formula is C22H30N4O2. The molecule has 2 aliphatic heterocycles. The van der Waals surface area contributed by atoms with Crippen LogP contribution in [0.25, 0.3) is 11.1 Å². The molecule has 1 atom stereocenters. The van der Waals surface area contributed by atoms with Gasteiger partial charge in [-0.2, -0.15) is 5.10 Å². The summed E-state index contributed by atoms with van der Waals surface area (Å²) < 4.78 is 0. The van der Waals surface area contributed by atoms with E-state index < -0.39 is 0 Å². The zero-order valence-electron chi connectivity index (χ0n) is 16.6. The van der Waals surface area contributed by atoms with E-state index in [0.717, 1.165) is 45.3 Å². The third-order valence-electron chi connectivity index (χ3n) is 6.09. The SMILES string of the molecule is Cc1cccc(-c2cn[nH]c2C2CCN(C(=O)CN3CCC[C@@H](O)C3)CC2)c1. The van der Waals surface area contributed by atoms with Crippen LogP contribution in [0.2, 0.25) is 0 Å². The van der Waals surface area contributed by atoms with Gasteiger partial charge in [0.05, 0.1) is 18.8 Å². The molecular weight excluding hydrogens is 352 g/mol. The predicted octanol–water partition coefficient (Wildman–Crippen LogP) is 2.55. The molecule has 3 heterocycles. The molecule has 0 bridgehead atoms. The van der Waals surface area contributed by atoms with Crippen LogP contribution in [0.15, 0.2) is 30.5 Å². The van der Waals surface area contributed by atoms with Gasteiger partial charge in [0.1, 0.15) is 0 Å². The van der Waals surface area contributed by atoms with E-state index in [1.165, 1.54) is 22.4 Å². The number of aromatic nitrogens is 2. The number of benzene rings is 1. The van der Waals surface area contributed by atoms with E-state index in [4.69, 9.17) is 0 Å². The summed E-state index contributed by atoms with van der Waals surface area (Å²) in [5.41, 5.74) is 4.81. The zero-order chi connectivity index (χ0) is 19.5. The molecule has 6 nitrogen and oxygen atoms in total. The van der Waals surface area contributed by atoms with E-state index >= 15 is 0 Å². The first-order chi connectivity index (χ1) is 13.6. The van der Waals surface area contributed by atoms with Crippen LogP contribution in [0.5, 0.6) is 0 Å². The summed E-state index contributed by atoms with van der Waals surface area (Å²) in [7, 11) is 0. The van der Waals surface area contributed by atoms with Crippen LogP contribution in [0.1, 0.15) is 42.9 Å². The molecule has 0 unspecified atom stereocenters. The third kappa shape index (κ3) is 4.28. The first-order valence-electron chi connectivity index (χ1n) is 10.4. The molecule has 2 saturated heterocycles. The third-order valence-corrected chi connectivity index (χ3v) is 6.09. The topological polar surface area (TPSA) is 72.5 Å². The van der Waals surface area contributed by atoms with Gasteiger partial charge in [-0.05, 0) is 44.7 Å². The van der Waals surface area contributed by atoms with Crippen LogP contribution in [0, 0.1) is 6.92 Å². The van der Waals surface area contributed by atoms with Crippen molar-refractivity contribution in [3.05, 3.63) is 41.7 Å². The Morgan fingerprint density at radius 1 is 1.25 bits per heavy atom. The fourth-order valence-electron chi connectivity index (χ4n) is 4.53. The minimum atomic E-state index is -0.285. The molecule has 2 aliphatic rings. The first kappa shape index (κ1) is 19.2. The predicted molar refractivity (Wildman–Crippen MR) is 109 cm³/mol. The molecule has 0 spiro atoms. The maximum Gasteiger partial charge on any atom is 0.236 e. The van der Waals surface area contributed by atoms with Gasteiger partial charge in [0.15, 0.2) is 0 Å². The molecule has 28 heavy (non-hydrogen) atoms. The van der Waals surface area contributed by atoms with Crippen LogP contribution < -0.4 is 0 Å². The van der Waals surface area contributed by atoms with Crippen molar-refractivity contribution < 1.29 is 9.90 Å². The molecule has 1 amide bonds. The van der Waals surface area contributed by atoms with Gasteiger partial charge in [-0.3, -0.25) is 14.8 Å². The Hall–Kier alpha value is -2.18. The molecule has 0 radical (unpaired) electrons. The number of aliphatic hydroxyl groups is 1. The minimum Gasteiger partial charge on any atom is -0.392 e. The van der Waals surface area contributed by atoms with Crippen LogP contribution in [-0.4, -0.2) is 69.8 Å². The fraction of sp³-hybridized carbons (Fsp3) is 0.545. The molecule has 4 rings (SSSR count). The van der Waals surface area contributed by atoms with E-state index in [-0.39, 0.29) is 12.0 Å². The van der Waals surface area contributed by atoms with Gasteiger partial charge in [-0.25, -0.2) is 0 Å². The van der Waals surface area contributed by atoms with E-state index in [0.29, 0.717) is 19.0 Å². The molecule has 150 valence electrons. The largest absolute Gasteiger partial charge is 0.392 e. The highest BCUT2D eigenvalue weighted by Crippen LogP contribution is 2.34. The van der Waals surface area contributed by atoms with Crippen molar-refractivity contribution in [1.29, 1.82) is 0 Å². The molecule has 1 aromatic carbocycles. The van der Waals surface area contributed by atoms with Gasteiger partial charge in [-0.1, -0.05) is 29.8 Å². The lowest BCUT2D eigenvalue weighted by atomic mass is 9.89.